The number of methoxy groups -OCH3 is 1. The van der Waals surface area contributed by atoms with Gasteiger partial charge in [0.25, 0.3) is 5.91 Å². The molecule has 0 bridgehead atoms. The molecular weight excluding hydrogens is 406 g/mol. The zero-order chi connectivity index (χ0) is 22.0. The van der Waals surface area contributed by atoms with Crippen LogP contribution in [0, 0.1) is 0 Å². The van der Waals surface area contributed by atoms with Crippen LogP contribution in [0.15, 0.2) is 36.4 Å². The quantitative estimate of drug-likeness (QED) is 0.689. The lowest BCUT2D eigenvalue weighted by Gasteiger charge is -2.15. The molecule has 29 heavy (non-hydrogen) atoms. The molecule has 0 aromatic heterocycles. The zero-order valence-electron chi connectivity index (χ0n) is 15.0. The van der Waals surface area contributed by atoms with Crippen LogP contribution in [0.1, 0.15) is 28.4 Å². The van der Waals surface area contributed by atoms with Crippen molar-refractivity contribution in [3.63, 3.8) is 0 Å². The van der Waals surface area contributed by atoms with Gasteiger partial charge in [0.15, 0.2) is 0 Å². The molecule has 0 saturated heterocycles. The molecule has 156 valence electrons. The second-order valence-electron chi connectivity index (χ2n) is 5.84. The lowest BCUT2D eigenvalue weighted by Crippen LogP contribution is -2.17. The molecule has 0 unspecified atom stereocenters. The van der Waals surface area contributed by atoms with Gasteiger partial charge in [-0.15, -0.1) is 0 Å². The zero-order valence-corrected chi connectivity index (χ0v) is 15.0. The van der Waals surface area contributed by atoms with E-state index in [1.54, 1.807) is 0 Å². The smallest absolute Gasteiger partial charge is 0.416 e. The van der Waals surface area contributed by atoms with Crippen molar-refractivity contribution < 1.29 is 40.7 Å². The van der Waals surface area contributed by atoms with E-state index in [0.29, 0.717) is 12.1 Å². The Hall–Kier alpha value is -3.24. The predicted octanol–water partition coefficient (Wildman–Crippen LogP) is 4.94. The first kappa shape index (κ1) is 22.1. The number of anilines is 2. The summed E-state index contributed by atoms with van der Waals surface area (Å²) in [6, 6.07) is 4.59. The fraction of sp³-hybridized carbons (Fsp3) is 0.222. The SMILES string of the molecule is COc1ccc(NC(C)=O)cc1NC(=O)c1cc(C(F)(F)F)cc(C(F)(F)F)c1. The number of carbonyl (C=O) groups is 2. The summed E-state index contributed by atoms with van der Waals surface area (Å²) < 4.78 is 82.8. The Morgan fingerprint density at radius 1 is 0.862 bits per heavy atom. The number of benzene rings is 2. The molecular formula is C18H14F6N2O3. The number of hydrogen-bond acceptors (Lipinski definition) is 3. The van der Waals surface area contributed by atoms with Gasteiger partial charge in [-0.05, 0) is 36.4 Å². The van der Waals surface area contributed by atoms with E-state index in [9.17, 15) is 35.9 Å². The molecule has 0 atom stereocenters. The number of ether oxygens (including phenoxy) is 1. The van der Waals surface area contributed by atoms with Crippen LogP contribution in [0.5, 0.6) is 5.75 Å². The van der Waals surface area contributed by atoms with Crippen molar-refractivity contribution in [3.8, 4) is 5.75 Å². The molecule has 0 radical (unpaired) electrons. The van der Waals surface area contributed by atoms with Crippen LogP contribution in [0.25, 0.3) is 0 Å². The van der Waals surface area contributed by atoms with Crippen LogP contribution in [-0.4, -0.2) is 18.9 Å². The Bertz CT molecular complexity index is 906. The van der Waals surface area contributed by atoms with Gasteiger partial charge in [0, 0.05) is 18.2 Å². The Balaban J connectivity index is 2.46. The van der Waals surface area contributed by atoms with Crippen LogP contribution in [0.4, 0.5) is 37.7 Å². The van der Waals surface area contributed by atoms with Crippen molar-refractivity contribution in [1.82, 2.24) is 0 Å². The first-order chi connectivity index (χ1) is 13.3. The monoisotopic (exact) mass is 420 g/mol. The van der Waals surface area contributed by atoms with E-state index in [4.69, 9.17) is 4.74 Å². The summed E-state index contributed by atoms with van der Waals surface area (Å²) in [7, 11) is 1.25. The molecule has 0 saturated carbocycles. The molecule has 2 aromatic carbocycles. The van der Waals surface area contributed by atoms with Gasteiger partial charge < -0.3 is 15.4 Å². The van der Waals surface area contributed by atoms with Crippen molar-refractivity contribution >= 4 is 23.2 Å². The second kappa shape index (κ2) is 8.02. The maximum atomic E-state index is 13.0. The van der Waals surface area contributed by atoms with Crippen LogP contribution in [-0.2, 0) is 17.1 Å². The third-order valence-corrected chi connectivity index (χ3v) is 3.62. The van der Waals surface area contributed by atoms with Crippen LogP contribution in [0.3, 0.4) is 0 Å². The van der Waals surface area contributed by atoms with Crippen molar-refractivity contribution in [3.05, 3.63) is 53.1 Å². The number of halogens is 6. The first-order valence-electron chi connectivity index (χ1n) is 7.87. The van der Waals surface area contributed by atoms with Gasteiger partial charge in [-0.3, -0.25) is 9.59 Å². The van der Waals surface area contributed by atoms with Gasteiger partial charge in [0.1, 0.15) is 5.75 Å². The van der Waals surface area contributed by atoms with Crippen molar-refractivity contribution in [2.24, 2.45) is 0 Å². The maximum absolute atomic E-state index is 13.0. The number of rotatable bonds is 4. The Labute approximate surface area is 160 Å². The average molecular weight is 420 g/mol. The van der Waals surface area contributed by atoms with Gasteiger partial charge in [0.05, 0.1) is 23.9 Å². The molecule has 0 aliphatic rings. The molecule has 0 spiro atoms. The summed E-state index contributed by atoms with van der Waals surface area (Å²) >= 11 is 0. The van der Waals surface area contributed by atoms with E-state index in [2.05, 4.69) is 10.6 Å². The average Bonchev–Trinajstić information content (AvgIpc) is 2.59. The Kier molecular flexibility index (Phi) is 6.10. The molecule has 5 nitrogen and oxygen atoms in total. The Morgan fingerprint density at radius 3 is 1.86 bits per heavy atom. The number of amides is 2. The van der Waals surface area contributed by atoms with E-state index in [0.717, 1.165) is 0 Å². The third-order valence-electron chi connectivity index (χ3n) is 3.62. The van der Waals surface area contributed by atoms with E-state index >= 15 is 0 Å². The number of carbonyl (C=O) groups excluding carboxylic acids is 2. The highest BCUT2D eigenvalue weighted by Gasteiger charge is 2.37. The normalized spacial score (nSPS) is 11.7. The fourth-order valence-electron chi connectivity index (χ4n) is 2.37. The summed E-state index contributed by atoms with van der Waals surface area (Å²) in [5, 5.41) is 4.62. The largest absolute Gasteiger partial charge is 0.495 e. The van der Waals surface area contributed by atoms with E-state index in [1.807, 2.05) is 0 Å². The highest BCUT2D eigenvalue weighted by molar-refractivity contribution is 6.05. The molecule has 0 aliphatic heterocycles. The Morgan fingerprint density at radius 2 is 1.41 bits per heavy atom. The fourth-order valence-corrected chi connectivity index (χ4v) is 2.37. The molecule has 0 fully saturated rings. The van der Waals surface area contributed by atoms with Crippen LogP contribution >= 0.6 is 0 Å². The standard InChI is InChI=1S/C18H14F6N2O3/c1-9(27)25-13-3-4-15(29-2)14(8-13)26-16(28)10-5-11(17(19,20)21)7-12(6-10)18(22,23)24/h3-8H,1-2H3,(H,25,27)(H,26,28). The minimum atomic E-state index is -5.08. The van der Waals surface area contributed by atoms with E-state index in [1.165, 1.54) is 32.2 Å². The van der Waals surface area contributed by atoms with Gasteiger partial charge in [0.2, 0.25) is 5.91 Å². The van der Waals surface area contributed by atoms with Gasteiger partial charge in [-0.1, -0.05) is 0 Å². The highest BCUT2D eigenvalue weighted by Crippen LogP contribution is 2.37. The summed E-state index contributed by atoms with van der Waals surface area (Å²) in [5.74, 6) is -1.57. The third kappa shape index (κ3) is 5.62. The van der Waals surface area contributed by atoms with Gasteiger partial charge in [-0.2, -0.15) is 26.3 Å². The lowest BCUT2D eigenvalue weighted by atomic mass is 10.0. The van der Waals surface area contributed by atoms with Crippen molar-refractivity contribution in [1.29, 1.82) is 0 Å². The van der Waals surface area contributed by atoms with Crippen molar-refractivity contribution in [2.75, 3.05) is 17.7 Å². The molecule has 2 rings (SSSR count). The number of nitrogens with one attached hydrogen (secondary N) is 2. The first-order valence-corrected chi connectivity index (χ1v) is 7.87. The number of alkyl halides is 6. The van der Waals surface area contributed by atoms with Crippen molar-refractivity contribution in [2.45, 2.75) is 19.3 Å². The summed E-state index contributed by atoms with van der Waals surface area (Å²) in [5.41, 5.74) is -3.91. The van der Waals surface area contributed by atoms with E-state index in [-0.39, 0.29) is 23.2 Å². The van der Waals surface area contributed by atoms with E-state index < -0.39 is 40.9 Å². The predicted molar refractivity (Wildman–Crippen MR) is 91.7 cm³/mol. The van der Waals surface area contributed by atoms with Gasteiger partial charge >= 0.3 is 12.4 Å². The maximum Gasteiger partial charge on any atom is 0.416 e. The summed E-state index contributed by atoms with van der Waals surface area (Å²) in [4.78, 5) is 23.5. The minimum Gasteiger partial charge on any atom is -0.495 e. The molecule has 0 heterocycles. The second-order valence-corrected chi connectivity index (χ2v) is 5.84. The molecule has 11 heteroatoms. The molecule has 2 aromatic rings. The molecule has 2 N–H and O–H groups in total. The summed E-state index contributed by atoms with van der Waals surface area (Å²) in [6.07, 6.45) is -10.2. The minimum absolute atomic E-state index is 0.0604. The van der Waals surface area contributed by atoms with Crippen LogP contribution in [0.2, 0.25) is 0 Å². The van der Waals surface area contributed by atoms with Crippen LogP contribution < -0.4 is 15.4 Å². The molecule has 0 aliphatic carbocycles. The number of hydrogen-bond donors (Lipinski definition) is 2. The lowest BCUT2D eigenvalue weighted by molar-refractivity contribution is -0.143. The highest BCUT2D eigenvalue weighted by atomic mass is 19.4. The topological polar surface area (TPSA) is 67.4 Å². The summed E-state index contributed by atoms with van der Waals surface area (Å²) in [6.45, 7) is 1.23. The van der Waals surface area contributed by atoms with Gasteiger partial charge in [-0.25, -0.2) is 0 Å². The molecule has 2 amide bonds.